The number of hydrogen-bond donors (Lipinski definition) is 0. The zero-order chi connectivity index (χ0) is 11.7. The first-order chi connectivity index (χ1) is 8.31. The first-order valence-electron chi connectivity index (χ1n) is 4.81. The van der Waals surface area contributed by atoms with E-state index in [0.717, 1.165) is 19.6 Å². The minimum absolute atomic E-state index is 0.707. The summed E-state index contributed by atoms with van der Waals surface area (Å²) in [6.07, 6.45) is 5.05. The average Bonchev–Trinajstić information content (AvgIpc) is 2.71. The van der Waals surface area contributed by atoms with Gasteiger partial charge in [0.15, 0.2) is 4.34 Å². The third kappa shape index (κ3) is 2.41. The van der Waals surface area contributed by atoms with Crippen molar-refractivity contribution >= 4 is 44.9 Å². The molecule has 2 aromatic heterocycles. The van der Waals surface area contributed by atoms with Crippen LogP contribution in [0, 0.1) is 0 Å². The first-order valence-corrected chi connectivity index (χ1v) is 6.82. The third-order valence-electron chi connectivity index (χ3n) is 2.06. The van der Waals surface area contributed by atoms with Crippen LogP contribution in [-0.4, -0.2) is 15.0 Å². The quantitative estimate of drug-likeness (QED) is 0.713. The summed E-state index contributed by atoms with van der Waals surface area (Å²) in [6, 6.07) is 5.73. The van der Waals surface area contributed by atoms with Gasteiger partial charge in [0.1, 0.15) is 5.03 Å². The van der Waals surface area contributed by atoms with Crippen LogP contribution in [-0.2, 0) is 0 Å². The Morgan fingerprint density at radius 3 is 3.00 bits per heavy atom. The fourth-order valence-corrected chi connectivity index (χ4v) is 3.44. The number of fused-ring (bicyclic) bond motifs is 1. The molecular weight excluding hydrogens is 274 g/mol. The molecule has 0 spiro atoms. The van der Waals surface area contributed by atoms with Gasteiger partial charge in [-0.05, 0) is 30.0 Å². The van der Waals surface area contributed by atoms with Gasteiger partial charge in [0.25, 0.3) is 0 Å². The van der Waals surface area contributed by atoms with Crippen molar-refractivity contribution in [3.8, 4) is 0 Å². The topological polar surface area (TPSA) is 38.7 Å². The number of rotatable bonds is 2. The Morgan fingerprint density at radius 1 is 1.24 bits per heavy atom. The SMILES string of the molecule is Clc1ccc2sc(Sc3cnccn3)nc2c1. The molecule has 0 fully saturated rings. The maximum Gasteiger partial charge on any atom is 0.157 e. The van der Waals surface area contributed by atoms with E-state index in [0.29, 0.717) is 5.02 Å². The van der Waals surface area contributed by atoms with E-state index in [4.69, 9.17) is 11.6 Å². The molecule has 0 atom stereocenters. The zero-order valence-corrected chi connectivity index (χ0v) is 10.9. The molecule has 0 amide bonds. The molecule has 3 rings (SSSR count). The highest BCUT2D eigenvalue weighted by atomic mass is 35.5. The van der Waals surface area contributed by atoms with Gasteiger partial charge in [-0.25, -0.2) is 9.97 Å². The van der Waals surface area contributed by atoms with Gasteiger partial charge in [0, 0.05) is 17.4 Å². The lowest BCUT2D eigenvalue weighted by Gasteiger charge is -1.92. The Hall–Kier alpha value is -1.17. The highest BCUT2D eigenvalue weighted by Crippen LogP contribution is 2.33. The number of hydrogen-bond acceptors (Lipinski definition) is 5. The van der Waals surface area contributed by atoms with Crippen molar-refractivity contribution in [2.24, 2.45) is 0 Å². The molecule has 0 bridgehead atoms. The standard InChI is InChI=1S/C11H6ClN3S2/c12-7-1-2-9-8(5-7)15-11(16-9)17-10-6-13-3-4-14-10/h1-6H. The largest absolute Gasteiger partial charge is 0.260 e. The van der Waals surface area contributed by atoms with Gasteiger partial charge in [0.05, 0.1) is 16.4 Å². The van der Waals surface area contributed by atoms with Crippen LogP contribution in [0.3, 0.4) is 0 Å². The van der Waals surface area contributed by atoms with E-state index in [1.54, 1.807) is 29.9 Å². The van der Waals surface area contributed by atoms with E-state index < -0.39 is 0 Å². The van der Waals surface area contributed by atoms with Crippen molar-refractivity contribution in [3.05, 3.63) is 41.8 Å². The Kier molecular flexibility index (Phi) is 2.96. The van der Waals surface area contributed by atoms with Crippen molar-refractivity contribution < 1.29 is 0 Å². The molecule has 0 aliphatic carbocycles. The highest BCUT2D eigenvalue weighted by molar-refractivity contribution is 8.01. The van der Waals surface area contributed by atoms with E-state index in [1.807, 2.05) is 18.2 Å². The number of nitrogens with zero attached hydrogens (tertiary/aromatic N) is 3. The van der Waals surface area contributed by atoms with E-state index in [2.05, 4.69) is 15.0 Å². The molecule has 17 heavy (non-hydrogen) atoms. The molecule has 3 nitrogen and oxygen atoms in total. The normalized spacial score (nSPS) is 10.9. The number of thiazole rings is 1. The van der Waals surface area contributed by atoms with Crippen molar-refractivity contribution in [3.63, 3.8) is 0 Å². The van der Waals surface area contributed by atoms with Gasteiger partial charge < -0.3 is 0 Å². The molecule has 84 valence electrons. The number of benzene rings is 1. The summed E-state index contributed by atoms with van der Waals surface area (Å²) in [4.78, 5) is 12.7. The minimum atomic E-state index is 0.707. The summed E-state index contributed by atoms with van der Waals surface area (Å²) in [5, 5.41) is 1.55. The maximum atomic E-state index is 5.92. The van der Waals surface area contributed by atoms with Gasteiger partial charge in [-0.3, -0.25) is 4.98 Å². The van der Waals surface area contributed by atoms with Crippen molar-refractivity contribution in [2.75, 3.05) is 0 Å². The molecule has 3 aromatic rings. The van der Waals surface area contributed by atoms with Crippen LogP contribution in [0.25, 0.3) is 10.2 Å². The van der Waals surface area contributed by atoms with Crippen LogP contribution in [0.15, 0.2) is 46.2 Å². The molecule has 0 saturated carbocycles. The Morgan fingerprint density at radius 2 is 2.18 bits per heavy atom. The van der Waals surface area contributed by atoms with Gasteiger partial charge in [-0.15, -0.1) is 11.3 Å². The van der Waals surface area contributed by atoms with Crippen LogP contribution < -0.4 is 0 Å². The summed E-state index contributed by atoms with van der Waals surface area (Å²) in [5.41, 5.74) is 0.925. The smallest absolute Gasteiger partial charge is 0.157 e. The fraction of sp³-hybridized carbons (Fsp3) is 0. The van der Waals surface area contributed by atoms with E-state index in [1.165, 1.54) is 11.8 Å². The summed E-state index contributed by atoms with van der Waals surface area (Å²) < 4.78 is 2.07. The predicted octanol–water partition coefficient (Wildman–Crippen LogP) is 3.89. The van der Waals surface area contributed by atoms with Crippen LogP contribution in [0.2, 0.25) is 5.02 Å². The predicted molar refractivity (Wildman–Crippen MR) is 70.8 cm³/mol. The lowest BCUT2D eigenvalue weighted by molar-refractivity contribution is 1.05. The molecule has 2 heterocycles. The van der Waals surface area contributed by atoms with E-state index in [9.17, 15) is 0 Å². The summed E-state index contributed by atoms with van der Waals surface area (Å²) >= 11 is 9.06. The van der Waals surface area contributed by atoms with Crippen LogP contribution in [0.5, 0.6) is 0 Å². The van der Waals surface area contributed by atoms with Crippen LogP contribution in [0.1, 0.15) is 0 Å². The van der Waals surface area contributed by atoms with Crippen LogP contribution in [0.4, 0.5) is 0 Å². The van der Waals surface area contributed by atoms with E-state index >= 15 is 0 Å². The first kappa shape index (κ1) is 11.0. The molecule has 6 heteroatoms. The van der Waals surface area contributed by atoms with Crippen LogP contribution >= 0.6 is 34.7 Å². The molecule has 0 N–H and O–H groups in total. The zero-order valence-electron chi connectivity index (χ0n) is 8.50. The van der Waals surface area contributed by atoms with Crippen molar-refractivity contribution in [1.82, 2.24) is 15.0 Å². The lowest BCUT2D eigenvalue weighted by Crippen LogP contribution is -1.79. The molecule has 0 radical (unpaired) electrons. The molecular formula is C11H6ClN3S2. The second kappa shape index (κ2) is 4.60. The second-order valence-corrected chi connectivity index (χ2v) is 5.97. The van der Waals surface area contributed by atoms with Gasteiger partial charge >= 0.3 is 0 Å². The number of aromatic nitrogens is 3. The molecule has 0 aliphatic rings. The highest BCUT2D eigenvalue weighted by Gasteiger charge is 2.06. The van der Waals surface area contributed by atoms with Gasteiger partial charge in [0.2, 0.25) is 0 Å². The fourth-order valence-electron chi connectivity index (χ4n) is 1.35. The van der Waals surface area contributed by atoms with Gasteiger partial charge in [-0.2, -0.15) is 0 Å². The van der Waals surface area contributed by atoms with Gasteiger partial charge in [-0.1, -0.05) is 11.6 Å². The monoisotopic (exact) mass is 279 g/mol. The van der Waals surface area contributed by atoms with Crippen molar-refractivity contribution in [1.29, 1.82) is 0 Å². The molecule has 0 unspecified atom stereocenters. The maximum absolute atomic E-state index is 5.92. The summed E-state index contributed by atoms with van der Waals surface area (Å²) in [5.74, 6) is 0. The molecule has 0 aliphatic heterocycles. The van der Waals surface area contributed by atoms with E-state index in [-0.39, 0.29) is 0 Å². The average molecular weight is 280 g/mol. The minimum Gasteiger partial charge on any atom is -0.260 e. The summed E-state index contributed by atoms with van der Waals surface area (Å²) in [7, 11) is 0. The summed E-state index contributed by atoms with van der Waals surface area (Å²) in [6.45, 7) is 0. The molecule has 1 aromatic carbocycles. The van der Waals surface area contributed by atoms with Crippen molar-refractivity contribution in [2.45, 2.75) is 9.37 Å². The molecule has 0 saturated heterocycles. The Bertz CT molecular complexity index is 654. The Balaban J connectivity index is 1.96. The second-order valence-electron chi connectivity index (χ2n) is 3.24. The third-order valence-corrected chi connectivity index (χ3v) is 4.31. The number of halogens is 1. The lowest BCUT2D eigenvalue weighted by atomic mass is 10.3. The Labute approximate surface area is 111 Å².